The molecule has 1 heterocycles. The van der Waals surface area contributed by atoms with Gasteiger partial charge >= 0.3 is 0 Å². The van der Waals surface area contributed by atoms with Gasteiger partial charge < -0.3 is 5.32 Å². The Morgan fingerprint density at radius 3 is 2.48 bits per heavy atom. The summed E-state index contributed by atoms with van der Waals surface area (Å²) in [6, 6.07) is 12.1. The number of rotatable bonds is 4. The van der Waals surface area contributed by atoms with E-state index < -0.39 is 0 Å². The molecule has 1 N–H and O–H groups in total. The molecule has 0 spiro atoms. The normalized spacial score (nSPS) is 25.8. The van der Waals surface area contributed by atoms with Crippen molar-refractivity contribution in [2.75, 3.05) is 13.1 Å². The van der Waals surface area contributed by atoms with Crippen molar-refractivity contribution in [3.63, 3.8) is 0 Å². The summed E-state index contributed by atoms with van der Waals surface area (Å²) in [6.07, 6.45) is 1.25. The van der Waals surface area contributed by atoms with Crippen molar-refractivity contribution in [1.82, 2.24) is 10.2 Å². The minimum Gasteiger partial charge on any atom is -0.311 e. The van der Waals surface area contributed by atoms with E-state index in [2.05, 4.69) is 75.2 Å². The average Bonchev–Trinajstić information content (AvgIpc) is 2.46. The Morgan fingerprint density at radius 1 is 1.24 bits per heavy atom. The summed E-state index contributed by atoms with van der Waals surface area (Å²) < 4.78 is 0. The van der Waals surface area contributed by atoms with Crippen molar-refractivity contribution in [3.8, 4) is 0 Å². The molecule has 1 aromatic rings. The van der Waals surface area contributed by atoms with Crippen LogP contribution in [0.15, 0.2) is 30.3 Å². The lowest BCUT2D eigenvalue weighted by Crippen LogP contribution is -2.61. The number of hydrogen-bond donors (Lipinski definition) is 1. The van der Waals surface area contributed by atoms with Crippen LogP contribution in [0.4, 0.5) is 0 Å². The topological polar surface area (TPSA) is 15.3 Å². The Hall–Kier alpha value is -0.860. The highest BCUT2D eigenvalue weighted by Gasteiger charge is 2.36. The fraction of sp³-hybridized carbons (Fsp3) is 0.684. The standard InChI is InChI=1S/C19H32N2/c1-6-15(2)17-14-21(13-16-10-8-7-9-11-16)18(12-20-17)19(3,4)5/h7-11,15,17-18,20H,6,12-14H2,1-5H3. The number of nitrogens with zero attached hydrogens (tertiary/aromatic N) is 1. The predicted molar refractivity (Wildman–Crippen MR) is 91.3 cm³/mol. The summed E-state index contributed by atoms with van der Waals surface area (Å²) >= 11 is 0. The van der Waals surface area contributed by atoms with Gasteiger partial charge in [-0.15, -0.1) is 0 Å². The quantitative estimate of drug-likeness (QED) is 0.903. The van der Waals surface area contributed by atoms with Gasteiger partial charge in [-0.05, 0) is 16.9 Å². The van der Waals surface area contributed by atoms with Gasteiger partial charge in [0.1, 0.15) is 0 Å². The van der Waals surface area contributed by atoms with Gasteiger partial charge in [0.15, 0.2) is 0 Å². The van der Waals surface area contributed by atoms with Crippen molar-refractivity contribution < 1.29 is 0 Å². The molecule has 0 aromatic heterocycles. The molecular weight excluding hydrogens is 256 g/mol. The van der Waals surface area contributed by atoms with Crippen LogP contribution in [0.3, 0.4) is 0 Å². The minimum absolute atomic E-state index is 0.308. The molecule has 0 saturated carbocycles. The van der Waals surface area contributed by atoms with Gasteiger partial charge in [-0.2, -0.15) is 0 Å². The van der Waals surface area contributed by atoms with E-state index in [1.54, 1.807) is 0 Å². The van der Waals surface area contributed by atoms with E-state index in [-0.39, 0.29) is 0 Å². The van der Waals surface area contributed by atoms with Crippen LogP contribution in [0.2, 0.25) is 0 Å². The second-order valence-corrected chi connectivity index (χ2v) is 7.70. The van der Waals surface area contributed by atoms with Crippen molar-refractivity contribution >= 4 is 0 Å². The Labute approximate surface area is 130 Å². The highest BCUT2D eigenvalue weighted by Crippen LogP contribution is 2.29. The number of piperazine rings is 1. The summed E-state index contributed by atoms with van der Waals surface area (Å²) in [4.78, 5) is 2.70. The molecule has 0 amide bonds. The van der Waals surface area contributed by atoms with Crippen molar-refractivity contribution in [3.05, 3.63) is 35.9 Å². The third-order valence-corrected chi connectivity index (χ3v) is 5.00. The van der Waals surface area contributed by atoms with E-state index in [1.165, 1.54) is 12.0 Å². The maximum absolute atomic E-state index is 3.80. The first-order valence-corrected chi connectivity index (χ1v) is 8.43. The fourth-order valence-electron chi connectivity index (χ4n) is 3.35. The molecule has 2 heteroatoms. The molecular formula is C19H32N2. The van der Waals surface area contributed by atoms with Crippen molar-refractivity contribution in [1.29, 1.82) is 0 Å². The zero-order valence-corrected chi connectivity index (χ0v) is 14.4. The number of hydrogen-bond acceptors (Lipinski definition) is 2. The van der Waals surface area contributed by atoms with Gasteiger partial charge in [-0.3, -0.25) is 4.90 Å². The summed E-state index contributed by atoms with van der Waals surface area (Å²) in [5, 5.41) is 3.80. The van der Waals surface area contributed by atoms with Gasteiger partial charge in [0.2, 0.25) is 0 Å². The average molecular weight is 288 g/mol. The smallest absolute Gasteiger partial charge is 0.0273 e. The fourth-order valence-corrected chi connectivity index (χ4v) is 3.35. The zero-order chi connectivity index (χ0) is 15.5. The second-order valence-electron chi connectivity index (χ2n) is 7.70. The SMILES string of the molecule is CCC(C)C1CN(Cc2ccccc2)C(C(C)(C)C)CN1. The first-order valence-electron chi connectivity index (χ1n) is 8.43. The van der Waals surface area contributed by atoms with Crippen LogP contribution in [0.5, 0.6) is 0 Å². The third-order valence-electron chi connectivity index (χ3n) is 5.00. The molecule has 1 aliphatic rings. The summed E-state index contributed by atoms with van der Waals surface area (Å²) in [5.41, 5.74) is 1.74. The monoisotopic (exact) mass is 288 g/mol. The predicted octanol–water partition coefficient (Wildman–Crippen LogP) is 3.92. The molecule has 0 radical (unpaired) electrons. The minimum atomic E-state index is 0.308. The summed E-state index contributed by atoms with van der Waals surface area (Å²) in [5.74, 6) is 0.740. The second kappa shape index (κ2) is 6.93. The van der Waals surface area contributed by atoms with Crippen LogP contribution in [0.25, 0.3) is 0 Å². The summed E-state index contributed by atoms with van der Waals surface area (Å²) in [7, 11) is 0. The molecule has 0 aliphatic carbocycles. The first-order chi connectivity index (χ1) is 9.91. The van der Waals surface area contributed by atoms with Crippen LogP contribution in [-0.4, -0.2) is 30.1 Å². The highest BCUT2D eigenvalue weighted by molar-refractivity contribution is 5.15. The lowest BCUT2D eigenvalue weighted by atomic mass is 9.82. The lowest BCUT2D eigenvalue weighted by molar-refractivity contribution is 0.0379. The molecule has 0 bridgehead atoms. The van der Waals surface area contributed by atoms with Crippen LogP contribution < -0.4 is 5.32 Å². The van der Waals surface area contributed by atoms with Gasteiger partial charge in [0, 0.05) is 31.7 Å². The van der Waals surface area contributed by atoms with Crippen LogP contribution in [0.1, 0.15) is 46.6 Å². The Bertz CT molecular complexity index is 421. The van der Waals surface area contributed by atoms with Gasteiger partial charge in [-0.1, -0.05) is 71.4 Å². The Balaban J connectivity index is 2.13. The molecule has 1 fully saturated rings. The molecule has 1 aromatic carbocycles. The van der Waals surface area contributed by atoms with E-state index in [0.717, 1.165) is 25.6 Å². The molecule has 1 saturated heterocycles. The van der Waals surface area contributed by atoms with Crippen molar-refractivity contribution in [2.45, 2.75) is 59.7 Å². The summed E-state index contributed by atoms with van der Waals surface area (Å²) in [6.45, 7) is 15.1. The first kappa shape index (κ1) is 16.5. The van der Waals surface area contributed by atoms with Gasteiger partial charge in [0.25, 0.3) is 0 Å². The van der Waals surface area contributed by atoms with E-state index in [1.807, 2.05) is 0 Å². The van der Waals surface area contributed by atoms with Crippen LogP contribution in [0, 0.1) is 11.3 Å². The Kier molecular flexibility index (Phi) is 5.45. The van der Waals surface area contributed by atoms with Crippen LogP contribution >= 0.6 is 0 Å². The van der Waals surface area contributed by atoms with Crippen LogP contribution in [-0.2, 0) is 6.54 Å². The lowest BCUT2D eigenvalue weighted by Gasteiger charge is -2.47. The largest absolute Gasteiger partial charge is 0.311 e. The Morgan fingerprint density at radius 2 is 1.90 bits per heavy atom. The molecule has 21 heavy (non-hydrogen) atoms. The van der Waals surface area contributed by atoms with E-state index in [0.29, 0.717) is 17.5 Å². The van der Waals surface area contributed by atoms with E-state index >= 15 is 0 Å². The zero-order valence-electron chi connectivity index (χ0n) is 14.4. The maximum Gasteiger partial charge on any atom is 0.0273 e. The molecule has 3 atom stereocenters. The highest BCUT2D eigenvalue weighted by atomic mass is 15.2. The van der Waals surface area contributed by atoms with E-state index in [9.17, 15) is 0 Å². The van der Waals surface area contributed by atoms with E-state index in [4.69, 9.17) is 0 Å². The molecule has 118 valence electrons. The molecule has 1 aliphatic heterocycles. The molecule has 3 unspecified atom stereocenters. The third kappa shape index (κ3) is 4.31. The van der Waals surface area contributed by atoms with Crippen molar-refractivity contribution in [2.24, 2.45) is 11.3 Å². The number of benzene rings is 1. The number of nitrogens with one attached hydrogen (secondary N) is 1. The maximum atomic E-state index is 3.80. The van der Waals surface area contributed by atoms with Gasteiger partial charge in [-0.25, -0.2) is 0 Å². The molecule has 2 nitrogen and oxygen atoms in total. The molecule has 2 rings (SSSR count). The van der Waals surface area contributed by atoms with Gasteiger partial charge in [0.05, 0.1) is 0 Å².